The second-order valence-electron chi connectivity index (χ2n) is 3.16. The Bertz CT molecular complexity index is 472. The van der Waals surface area contributed by atoms with Gasteiger partial charge in [-0.15, -0.1) is 0 Å². The highest BCUT2D eigenvalue weighted by molar-refractivity contribution is 7.81. The van der Waals surface area contributed by atoms with Crippen molar-refractivity contribution in [3.05, 3.63) is 17.7 Å². The molecule has 0 radical (unpaired) electrons. The summed E-state index contributed by atoms with van der Waals surface area (Å²) >= 11 is 0. The minimum atomic E-state index is -5.12. The van der Waals surface area contributed by atoms with E-state index in [9.17, 15) is 12.3 Å². The third kappa shape index (κ3) is 3.48. The fraction of sp³-hybridized carbons (Fsp3) is 0.400. The molecule has 0 spiro atoms. The largest absolute Gasteiger partial charge is 0.493 e. The maximum atomic E-state index is 12.5. The monoisotopic (exact) mass is 264 g/mol. The van der Waals surface area contributed by atoms with Gasteiger partial charge in [0.2, 0.25) is 5.75 Å². The van der Waals surface area contributed by atoms with Crippen molar-refractivity contribution in [2.24, 2.45) is 0 Å². The molecular weight excluding hydrogens is 251 g/mol. The first-order chi connectivity index (χ1) is 7.91. The molecule has 1 rings (SSSR count). The third-order valence-electron chi connectivity index (χ3n) is 2.11. The first kappa shape index (κ1) is 13.6. The van der Waals surface area contributed by atoms with Gasteiger partial charge in [-0.2, -0.15) is 8.42 Å². The Morgan fingerprint density at radius 2 is 1.65 bits per heavy atom. The van der Waals surface area contributed by atoms with E-state index < -0.39 is 10.5 Å². The fourth-order valence-corrected chi connectivity index (χ4v) is 1.68. The number of rotatable bonds is 5. The molecule has 0 unspecified atom stereocenters. The van der Waals surface area contributed by atoms with Crippen LogP contribution in [0.5, 0.6) is 17.2 Å². The minimum Gasteiger partial charge on any atom is -0.493 e. The molecule has 5 nitrogen and oxygen atoms in total. The highest BCUT2D eigenvalue weighted by Crippen LogP contribution is 2.39. The van der Waals surface area contributed by atoms with E-state index in [0.717, 1.165) is 5.56 Å². The Hall–Kier alpha value is -1.50. The van der Waals surface area contributed by atoms with Crippen LogP contribution in [0, 0.1) is 0 Å². The Kier molecular flexibility index (Phi) is 4.17. The molecule has 0 aliphatic rings. The summed E-state index contributed by atoms with van der Waals surface area (Å²) in [5.74, 6) is -0.0976. The molecule has 1 aromatic rings. The van der Waals surface area contributed by atoms with Crippen molar-refractivity contribution in [1.29, 1.82) is 0 Å². The second kappa shape index (κ2) is 5.22. The fourth-order valence-electron chi connectivity index (χ4n) is 1.32. The molecule has 0 saturated heterocycles. The lowest BCUT2D eigenvalue weighted by molar-refractivity contribution is 0.352. The van der Waals surface area contributed by atoms with Crippen LogP contribution < -0.4 is 13.7 Å². The number of hydrogen-bond acceptors (Lipinski definition) is 5. The maximum Gasteiger partial charge on any atom is 0.488 e. The molecule has 0 heterocycles. The van der Waals surface area contributed by atoms with Crippen LogP contribution in [0.25, 0.3) is 0 Å². The topological polar surface area (TPSA) is 61.8 Å². The second-order valence-corrected chi connectivity index (χ2v) is 4.11. The molecule has 0 amide bonds. The van der Waals surface area contributed by atoms with Crippen molar-refractivity contribution in [2.75, 3.05) is 14.2 Å². The van der Waals surface area contributed by atoms with Gasteiger partial charge in [0.25, 0.3) is 0 Å². The number of benzene rings is 1. The standard InChI is InChI=1S/C10H13FO5S/c1-4-7-5-8(14-2)10(9(6-7)15-3)16-17(11,12)13/h5-6H,4H2,1-3H3. The summed E-state index contributed by atoms with van der Waals surface area (Å²) in [4.78, 5) is 0. The van der Waals surface area contributed by atoms with Crippen LogP contribution in [0.2, 0.25) is 0 Å². The molecule has 0 aromatic heterocycles. The van der Waals surface area contributed by atoms with Crippen molar-refractivity contribution in [3.8, 4) is 17.2 Å². The van der Waals surface area contributed by atoms with E-state index in [1.54, 1.807) is 12.1 Å². The van der Waals surface area contributed by atoms with Gasteiger partial charge in [-0.3, -0.25) is 0 Å². The van der Waals surface area contributed by atoms with Crippen molar-refractivity contribution in [2.45, 2.75) is 13.3 Å². The van der Waals surface area contributed by atoms with Gasteiger partial charge in [-0.1, -0.05) is 10.8 Å². The van der Waals surface area contributed by atoms with E-state index in [4.69, 9.17) is 9.47 Å². The van der Waals surface area contributed by atoms with Crippen LogP contribution in [-0.2, 0) is 16.9 Å². The Morgan fingerprint density at radius 1 is 1.18 bits per heavy atom. The number of ether oxygens (including phenoxy) is 2. The summed E-state index contributed by atoms with van der Waals surface area (Å²) in [6, 6.07) is 3.12. The van der Waals surface area contributed by atoms with Crippen LogP contribution in [0.15, 0.2) is 12.1 Å². The smallest absolute Gasteiger partial charge is 0.488 e. The number of aryl methyl sites for hydroxylation is 1. The van der Waals surface area contributed by atoms with Crippen LogP contribution >= 0.6 is 0 Å². The third-order valence-corrected chi connectivity index (χ3v) is 2.48. The van der Waals surface area contributed by atoms with Crippen LogP contribution in [0.1, 0.15) is 12.5 Å². The normalized spacial score (nSPS) is 11.1. The van der Waals surface area contributed by atoms with E-state index in [0.29, 0.717) is 6.42 Å². The Balaban J connectivity index is 3.34. The molecule has 0 aliphatic carbocycles. The summed E-state index contributed by atoms with van der Waals surface area (Å²) in [5, 5.41) is 0. The summed E-state index contributed by atoms with van der Waals surface area (Å²) < 4.78 is 47.6. The molecule has 0 atom stereocenters. The minimum absolute atomic E-state index is 0.0995. The molecule has 17 heavy (non-hydrogen) atoms. The van der Waals surface area contributed by atoms with E-state index in [1.807, 2.05) is 6.92 Å². The van der Waals surface area contributed by atoms with Crippen LogP contribution in [0.3, 0.4) is 0 Å². The zero-order valence-electron chi connectivity index (χ0n) is 9.69. The molecule has 7 heteroatoms. The van der Waals surface area contributed by atoms with Gasteiger partial charge in [0, 0.05) is 0 Å². The average Bonchev–Trinajstić information content (AvgIpc) is 2.27. The molecule has 96 valence electrons. The van der Waals surface area contributed by atoms with Gasteiger partial charge in [-0.25, -0.2) is 0 Å². The van der Waals surface area contributed by atoms with Gasteiger partial charge in [0.05, 0.1) is 14.2 Å². The molecular formula is C10H13FO5S. The lowest BCUT2D eigenvalue weighted by atomic mass is 10.1. The maximum absolute atomic E-state index is 12.5. The first-order valence-corrected chi connectivity index (χ1v) is 6.11. The van der Waals surface area contributed by atoms with Gasteiger partial charge in [-0.05, 0) is 24.1 Å². The SMILES string of the molecule is CCc1cc(OC)c(OS(=O)(=O)F)c(OC)c1. The number of halogens is 1. The van der Waals surface area contributed by atoms with E-state index in [2.05, 4.69) is 4.18 Å². The predicted molar refractivity (Wildman–Crippen MR) is 59.6 cm³/mol. The lowest BCUT2D eigenvalue weighted by Gasteiger charge is -2.13. The summed E-state index contributed by atoms with van der Waals surface area (Å²) in [6.07, 6.45) is 0.690. The average molecular weight is 264 g/mol. The van der Waals surface area contributed by atoms with E-state index in [-0.39, 0.29) is 17.2 Å². The van der Waals surface area contributed by atoms with Gasteiger partial charge < -0.3 is 13.7 Å². The molecule has 0 saturated carbocycles. The molecule has 0 bridgehead atoms. The van der Waals surface area contributed by atoms with Crippen molar-refractivity contribution in [3.63, 3.8) is 0 Å². The lowest BCUT2D eigenvalue weighted by Crippen LogP contribution is -2.05. The predicted octanol–water partition coefficient (Wildman–Crippen LogP) is 1.86. The highest BCUT2D eigenvalue weighted by atomic mass is 32.3. The Labute approximate surface area is 99.5 Å². The van der Waals surface area contributed by atoms with Gasteiger partial charge in [0.15, 0.2) is 11.5 Å². The highest BCUT2D eigenvalue weighted by Gasteiger charge is 2.20. The van der Waals surface area contributed by atoms with Crippen LogP contribution in [-0.4, -0.2) is 22.6 Å². The van der Waals surface area contributed by atoms with E-state index >= 15 is 0 Å². The van der Waals surface area contributed by atoms with E-state index in [1.165, 1.54) is 14.2 Å². The quantitative estimate of drug-likeness (QED) is 0.760. The number of hydrogen-bond donors (Lipinski definition) is 0. The molecule has 0 fully saturated rings. The first-order valence-electron chi connectivity index (χ1n) is 4.80. The molecule has 1 aromatic carbocycles. The van der Waals surface area contributed by atoms with Gasteiger partial charge >= 0.3 is 10.5 Å². The van der Waals surface area contributed by atoms with Crippen molar-refractivity contribution in [1.82, 2.24) is 0 Å². The zero-order valence-corrected chi connectivity index (χ0v) is 10.5. The van der Waals surface area contributed by atoms with Gasteiger partial charge in [0.1, 0.15) is 0 Å². The Morgan fingerprint density at radius 3 is 1.94 bits per heavy atom. The van der Waals surface area contributed by atoms with Crippen molar-refractivity contribution >= 4 is 10.5 Å². The zero-order chi connectivity index (χ0) is 13.1. The summed E-state index contributed by atoms with van der Waals surface area (Å²) in [5.41, 5.74) is 0.849. The summed E-state index contributed by atoms with van der Waals surface area (Å²) in [6.45, 7) is 1.90. The van der Waals surface area contributed by atoms with Crippen molar-refractivity contribution < 1.29 is 26.0 Å². The van der Waals surface area contributed by atoms with Crippen LogP contribution in [0.4, 0.5) is 3.89 Å². The number of methoxy groups -OCH3 is 2. The molecule has 0 N–H and O–H groups in total. The molecule has 0 aliphatic heterocycles. The summed E-state index contributed by atoms with van der Waals surface area (Å²) in [7, 11) is -2.47.